The van der Waals surface area contributed by atoms with Crippen molar-refractivity contribution >= 4 is 27.3 Å². The van der Waals surface area contributed by atoms with Crippen LogP contribution in [0.15, 0.2) is 29.2 Å². The van der Waals surface area contributed by atoms with Crippen LogP contribution in [-0.2, 0) is 29.3 Å². The molecule has 2 aliphatic rings. The van der Waals surface area contributed by atoms with E-state index in [1.807, 2.05) is 0 Å². The fourth-order valence-corrected chi connectivity index (χ4v) is 6.49. The number of fused-ring (bicyclic) bond motifs is 1. The van der Waals surface area contributed by atoms with Crippen LogP contribution in [0.4, 0.5) is 0 Å². The number of aryl methyl sites for hydroxylation is 2. The molecular weight excluding hydrogens is 394 g/mol. The van der Waals surface area contributed by atoms with Crippen LogP contribution in [0.25, 0.3) is 0 Å². The summed E-state index contributed by atoms with van der Waals surface area (Å²) < 4.78 is 26.9. The quantitative estimate of drug-likeness (QED) is 0.781. The van der Waals surface area contributed by atoms with E-state index in [2.05, 4.69) is 5.32 Å². The monoisotopic (exact) mass is 419 g/mol. The molecular formula is C20H25N3O3S2. The molecule has 0 spiro atoms. The molecule has 150 valence electrons. The van der Waals surface area contributed by atoms with Crippen molar-refractivity contribution in [2.45, 2.75) is 49.8 Å². The molecule has 6 nitrogen and oxygen atoms in total. The van der Waals surface area contributed by atoms with Gasteiger partial charge in [0, 0.05) is 36.5 Å². The van der Waals surface area contributed by atoms with Crippen LogP contribution >= 0.6 is 11.3 Å². The first-order chi connectivity index (χ1) is 13.5. The van der Waals surface area contributed by atoms with Crippen molar-refractivity contribution in [2.75, 3.05) is 19.6 Å². The van der Waals surface area contributed by atoms with E-state index in [-0.39, 0.29) is 10.8 Å². The number of aromatic nitrogens is 1. The number of hydrogen-bond acceptors (Lipinski definition) is 5. The first-order valence-corrected chi connectivity index (χ1v) is 12.2. The van der Waals surface area contributed by atoms with Gasteiger partial charge in [0.1, 0.15) is 0 Å². The van der Waals surface area contributed by atoms with Crippen LogP contribution in [0.3, 0.4) is 0 Å². The molecule has 2 heterocycles. The third-order valence-corrected chi connectivity index (χ3v) is 8.43. The second kappa shape index (κ2) is 8.31. The van der Waals surface area contributed by atoms with Crippen molar-refractivity contribution in [2.24, 2.45) is 0 Å². The average molecular weight is 420 g/mol. The van der Waals surface area contributed by atoms with E-state index >= 15 is 0 Å². The molecule has 1 aliphatic carbocycles. The fraction of sp³-hybridized carbons (Fsp3) is 0.500. The lowest BCUT2D eigenvalue weighted by molar-refractivity contribution is 0.0954. The molecule has 8 heteroatoms. The Morgan fingerprint density at radius 3 is 2.71 bits per heavy atom. The maximum absolute atomic E-state index is 12.7. The normalized spacial score (nSPS) is 17.4. The van der Waals surface area contributed by atoms with E-state index in [1.165, 1.54) is 33.8 Å². The predicted octanol–water partition coefficient (Wildman–Crippen LogP) is 2.78. The Bertz CT molecular complexity index is 939. The van der Waals surface area contributed by atoms with Crippen molar-refractivity contribution < 1.29 is 13.2 Å². The lowest BCUT2D eigenvalue weighted by atomic mass is 10.0. The number of carbonyl (C=O) groups is 1. The number of amides is 1. The number of thiazole rings is 1. The lowest BCUT2D eigenvalue weighted by Crippen LogP contribution is -2.29. The summed E-state index contributed by atoms with van der Waals surface area (Å²) in [6.07, 6.45) is 7.12. The molecule has 2 aromatic rings. The van der Waals surface area contributed by atoms with Gasteiger partial charge in [0.15, 0.2) is 0 Å². The Hall–Kier alpha value is -1.77. The van der Waals surface area contributed by atoms with Gasteiger partial charge in [-0.3, -0.25) is 4.79 Å². The molecule has 1 amide bonds. The summed E-state index contributed by atoms with van der Waals surface area (Å²) in [6.45, 7) is 1.60. The Kier molecular flexibility index (Phi) is 5.80. The molecule has 1 aromatic carbocycles. The minimum absolute atomic E-state index is 0.189. The van der Waals surface area contributed by atoms with Gasteiger partial charge in [-0.15, -0.1) is 11.3 Å². The van der Waals surface area contributed by atoms with E-state index in [9.17, 15) is 13.2 Å². The molecule has 1 saturated heterocycles. The average Bonchev–Trinajstić information content (AvgIpc) is 3.38. The van der Waals surface area contributed by atoms with E-state index < -0.39 is 10.0 Å². The Labute approximate surface area is 170 Å². The van der Waals surface area contributed by atoms with E-state index in [0.717, 1.165) is 30.7 Å². The molecule has 1 N–H and O–H groups in total. The summed E-state index contributed by atoms with van der Waals surface area (Å²) in [6, 6.07) is 6.32. The minimum atomic E-state index is -3.52. The predicted molar refractivity (Wildman–Crippen MR) is 109 cm³/mol. The number of nitrogens with zero attached hydrogens (tertiary/aromatic N) is 2. The van der Waals surface area contributed by atoms with Crippen molar-refractivity contribution in [3.05, 3.63) is 45.4 Å². The van der Waals surface area contributed by atoms with Gasteiger partial charge in [0.25, 0.3) is 5.91 Å². The van der Waals surface area contributed by atoms with Crippen molar-refractivity contribution in [3.63, 3.8) is 0 Å². The number of hydrogen-bond donors (Lipinski definition) is 1. The van der Waals surface area contributed by atoms with E-state index in [0.29, 0.717) is 31.6 Å². The number of benzene rings is 1. The van der Waals surface area contributed by atoms with Gasteiger partial charge in [-0.1, -0.05) is 6.07 Å². The SMILES string of the molecule is O=C(NCCc1nc2c(s1)CCCC2)c1cccc(S(=O)(=O)N2CCCC2)c1. The zero-order valence-electron chi connectivity index (χ0n) is 15.8. The summed E-state index contributed by atoms with van der Waals surface area (Å²) in [5, 5.41) is 3.96. The third-order valence-electron chi connectivity index (χ3n) is 5.31. The second-order valence-electron chi connectivity index (χ2n) is 7.33. The minimum Gasteiger partial charge on any atom is -0.352 e. The summed E-state index contributed by atoms with van der Waals surface area (Å²) in [7, 11) is -3.52. The Morgan fingerprint density at radius 1 is 1.14 bits per heavy atom. The standard InChI is InChI=1S/C20H25N3O3S2/c24-20(21-11-10-19-22-17-8-1-2-9-18(17)27-19)15-6-5-7-16(14-15)28(25,26)23-12-3-4-13-23/h5-7,14H,1-4,8-13H2,(H,21,24). The summed E-state index contributed by atoms with van der Waals surface area (Å²) in [5.74, 6) is -0.250. The van der Waals surface area contributed by atoms with Crippen molar-refractivity contribution in [3.8, 4) is 0 Å². The van der Waals surface area contributed by atoms with Crippen LogP contribution in [-0.4, -0.2) is 43.2 Å². The molecule has 28 heavy (non-hydrogen) atoms. The van der Waals surface area contributed by atoms with Crippen molar-refractivity contribution in [1.29, 1.82) is 0 Å². The molecule has 0 saturated carbocycles. The zero-order valence-corrected chi connectivity index (χ0v) is 17.4. The van der Waals surface area contributed by atoms with Gasteiger partial charge in [-0.05, 0) is 56.7 Å². The fourth-order valence-electron chi connectivity index (χ4n) is 3.77. The number of carbonyl (C=O) groups excluding carboxylic acids is 1. The molecule has 0 radical (unpaired) electrons. The van der Waals surface area contributed by atoms with Gasteiger partial charge in [-0.2, -0.15) is 4.31 Å². The smallest absolute Gasteiger partial charge is 0.251 e. The maximum atomic E-state index is 12.7. The largest absolute Gasteiger partial charge is 0.352 e. The summed E-state index contributed by atoms with van der Waals surface area (Å²) in [5.41, 5.74) is 1.61. The zero-order chi connectivity index (χ0) is 19.6. The van der Waals surface area contributed by atoms with Crippen LogP contribution in [0.2, 0.25) is 0 Å². The topological polar surface area (TPSA) is 79.4 Å². The summed E-state index contributed by atoms with van der Waals surface area (Å²) in [4.78, 5) is 18.8. The number of sulfonamides is 1. The van der Waals surface area contributed by atoms with Crippen LogP contribution in [0.5, 0.6) is 0 Å². The highest BCUT2D eigenvalue weighted by Gasteiger charge is 2.27. The molecule has 1 fully saturated rings. The third kappa shape index (κ3) is 4.14. The maximum Gasteiger partial charge on any atom is 0.251 e. The first kappa shape index (κ1) is 19.5. The molecule has 4 rings (SSSR count). The van der Waals surface area contributed by atoms with Crippen LogP contribution in [0, 0.1) is 0 Å². The lowest BCUT2D eigenvalue weighted by Gasteiger charge is -2.16. The van der Waals surface area contributed by atoms with Crippen LogP contribution in [0.1, 0.15) is 51.6 Å². The van der Waals surface area contributed by atoms with Gasteiger partial charge in [-0.25, -0.2) is 13.4 Å². The number of rotatable bonds is 6. The van der Waals surface area contributed by atoms with Gasteiger partial charge < -0.3 is 5.32 Å². The van der Waals surface area contributed by atoms with E-state index in [4.69, 9.17) is 4.98 Å². The highest BCUT2D eigenvalue weighted by atomic mass is 32.2. The van der Waals surface area contributed by atoms with Gasteiger partial charge >= 0.3 is 0 Å². The molecule has 1 aromatic heterocycles. The van der Waals surface area contributed by atoms with Crippen molar-refractivity contribution in [1.82, 2.24) is 14.6 Å². The number of nitrogens with one attached hydrogen (secondary N) is 1. The van der Waals surface area contributed by atoms with Gasteiger partial charge in [0.2, 0.25) is 10.0 Å². The summed E-state index contributed by atoms with van der Waals surface area (Å²) >= 11 is 1.76. The second-order valence-corrected chi connectivity index (χ2v) is 10.4. The molecule has 1 aliphatic heterocycles. The molecule has 0 bridgehead atoms. The highest BCUT2D eigenvalue weighted by Crippen LogP contribution is 2.27. The van der Waals surface area contributed by atoms with Crippen LogP contribution < -0.4 is 5.32 Å². The molecule has 0 unspecified atom stereocenters. The Balaban J connectivity index is 1.37. The Morgan fingerprint density at radius 2 is 1.93 bits per heavy atom. The van der Waals surface area contributed by atoms with Gasteiger partial charge in [0.05, 0.1) is 15.6 Å². The highest BCUT2D eigenvalue weighted by molar-refractivity contribution is 7.89. The first-order valence-electron chi connectivity index (χ1n) is 9.90. The van der Waals surface area contributed by atoms with E-state index in [1.54, 1.807) is 29.5 Å². The molecule has 0 atom stereocenters.